The molecule has 4 rings (SSSR count). The lowest BCUT2D eigenvalue weighted by atomic mass is 9.90. The SMILES string of the molecule is Cc1ccc2c(c1)C1(NC(=O)NC1=O)C(=O)N2Cc1ccc(C(F)(F)F)nc1. The fourth-order valence-corrected chi connectivity index (χ4v) is 3.43. The van der Waals surface area contributed by atoms with Crippen molar-refractivity contribution in [2.75, 3.05) is 4.90 Å². The molecule has 2 N–H and O–H groups in total. The quantitative estimate of drug-likeness (QED) is 0.606. The first-order valence-electron chi connectivity index (χ1n) is 8.22. The van der Waals surface area contributed by atoms with Crippen LogP contribution in [-0.4, -0.2) is 22.8 Å². The number of urea groups is 1. The van der Waals surface area contributed by atoms with Crippen LogP contribution in [0.4, 0.5) is 23.7 Å². The van der Waals surface area contributed by atoms with Crippen molar-refractivity contribution in [1.29, 1.82) is 0 Å². The molecule has 1 aromatic heterocycles. The van der Waals surface area contributed by atoms with Crippen molar-refractivity contribution >= 4 is 23.5 Å². The second kappa shape index (κ2) is 5.78. The molecule has 3 heterocycles. The number of alkyl halides is 3. The van der Waals surface area contributed by atoms with E-state index in [0.29, 0.717) is 16.8 Å². The molecule has 0 saturated carbocycles. The summed E-state index contributed by atoms with van der Waals surface area (Å²) in [5, 5.41) is 4.48. The zero-order valence-electron chi connectivity index (χ0n) is 14.4. The first kappa shape index (κ1) is 18.0. The van der Waals surface area contributed by atoms with E-state index in [-0.39, 0.29) is 6.54 Å². The Hall–Kier alpha value is -3.43. The second-order valence-electron chi connectivity index (χ2n) is 6.62. The van der Waals surface area contributed by atoms with Crippen LogP contribution >= 0.6 is 0 Å². The summed E-state index contributed by atoms with van der Waals surface area (Å²) in [5.41, 5.74) is -1.09. The monoisotopic (exact) mass is 390 g/mol. The number of nitrogens with one attached hydrogen (secondary N) is 2. The van der Waals surface area contributed by atoms with Gasteiger partial charge in [0.15, 0.2) is 0 Å². The molecule has 1 unspecified atom stereocenters. The topological polar surface area (TPSA) is 91.4 Å². The highest BCUT2D eigenvalue weighted by atomic mass is 19.4. The number of nitrogens with zero attached hydrogens (tertiary/aromatic N) is 2. The smallest absolute Gasteiger partial charge is 0.312 e. The van der Waals surface area contributed by atoms with E-state index in [1.165, 1.54) is 11.0 Å². The number of rotatable bonds is 2. The molecule has 2 aliphatic heterocycles. The van der Waals surface area contributed by atoms with E-state index in [4.69, 9.17) is 0 Å². The molecular weight excluding hydrogens is 377 g/mol. The summed E-state index contributed by atoms with van der Waals surface area (Å²) in [5.74, 6) is -1.47. The average molecular weight is 390 g/mol. The lowest BCUT2D eigenvalue weighted by molar-refractivity contribution is -0.141. The number of amides is 4. The van der Waals surface area contributed by atoms with Crippen LogP contribution in [0, 0.1) is 6.92 Å². The summed E-state index contributed by atoms with van der Waals surface area (Å²) >= 11 is 0. The molecule has 1 saturated heterocycles. The summed E-state index contributed by atoms with van der Waals surface area (Å²) in [6.45, 7) is 1.67. The Kier molecular flexibility index (Phi) is 3.71. The Morgan fingerprint density at radius 2 is 1.89 bits per heavy atom. The molecule has 1 aromatic carbocycles. The largest absolute Gasteiger partial charge is 0.433 e. The van der Waals surface area contributed by atoms with Crippen molar-refractivity contribution in [2.24, 2.45) is 0 Å². The Balaban J connectivity index is 1.74. The molecule has 4 amide bonds. The van der Waals surface area contributed by atoms with Gasteiger partial charge >= 0.3 is 12.2 Å². The fraction of sp³-hybridized carbons (Fsp3) is 0.222. The predicted molar refractivity (Wildman–Crippen MR) is 90.0 cm³/mol. The van der Waals surface area contributed by atoms with Crippen LogP contribution in [0.3, 0.4) is 0 Å². The Bertz CT molecular complexity index is 1020. The van der Waals surface area contributed by atoms with Gasteiger partial charge in [-0.1, -0.05) is 23.8 Å². The number of halogens is 3. The second-order valence-corrected chi connectivity index (χ2v) is 6.62. The molecule has 28 heavy (non-hydrogen) atoms. The minimum absolute atomic E-state index is 0.106. The number of aryl methyl sites for hydroxylation is 1. The van der Waals surface area contributed by atoms with Gasteiger partial charge in [0.05, 0.1) is 12.2 Å². The standard InChI is InChI=1S/C18H13F3N4O3/c1-9-2-4-12-11(6-9)17(14(26)23-16(28)24-17)15(27)25(12)8-10-3-5-13(22-7-10)18(19,20)21/h2-7H,8H2,1H3,(H2,23,24,26,28). The number of benzene rings is 1. The number of hydrogen-bond acceptors (Lipinski definition) is 4. The average Bonchev–Trinajstić information content (AvgIpc) is 3.04. The van der Waals surface area contributed by atoms with Crippen LogP contribution in [0.15, 0.2) is 36.5 Å². The van der Waals surface area contributed by atoms with Crippen LogP contribution in [0.25, 0.3) is 0 Å². The Morgan fingerprint density at radius 3 is 2.46 bits per heavy atom. The number of carbonyl (C=O) groups excluding carboxylic acids is 3. The van der Waals surface area contributed by atoms with Gasteiger partial charge in [0.2, 0.25) is 5.54 Å². The maximum Gasteiger partial charge on any atom is 0.433 e. The minimum atomic E-state index is -4.57. The van der Waals surface area contributed by atoms with E-state index in [1.807, 2.05) is 0 Å². The molecule has 7 nitrogen and oxygen atoms in total. The van der Waals surface area contributed by atoms with Gasteiger partial charge in [-0.15, -0.1) is 0 Å². The van der Waals surface area contributed by atoms with Crippen LogP contribution < -0.4 is 15.5 Å². The molecule has 2 aromatic rings. The molecule has 1 atom stereocenters. The number of carbonyl (C=O) groups is 3. The van der Waals surface area contributed by atoms with Gasteiger partial charge in [-0.2, -0.15) is 13.2 Å². The van der Waals surface area contributed by atoms with E-state index in [9.17, 15) is 27.6 Å². The molecule has 1 fully saturated rings. The van der Waals surface area contributed by atoms with Gasteiger partial charge in [0, 0.05) is 11.8 Å². The van der Waals surface area contributed by atoms with E-state index in [0.717, 1.165) is 17.8 Å². The number of pyridine rings is 1. The van der Waals surface area contributed by atoms with Crippen molar-refractivity contribution in [2.45, 2.75) is 25.2 Å². The molecule has 2 aliphatic rings. The van der Waals surface area contributed by atoms with Gasteiger partial charge in [-0.25, -0.2) is 4.79 Å². The number of fused-ring (bicyclic) bond motifs is 2. The molecule has 10 heteroatoms. The molecule has 144 valence electrons. The summed E-state index contributed by atoms with van der Waals surface area (Å²) < 4.78 is 38.1. The third-order valence-electron chi connectivity index (χ3n) is 4.74. The molecule has 0 bridgehead atoms. The highest BCUT2D eigenvalue weighted by Gasteiger charge is 2.61. The third kappa shape index (κ3) is 2.52. The van der Waals surface area contributed by atoms with E-state index < -0.39 is 35.3 Å². The van der Waals surface area contributed by atoms with Gasteiger partial charge in [0.1, 0.15) is 5.69 Å². The van der Waals surface area contributed by atoms with Gasteiger partial charge in [0.25, 0.3) is 11.8 Å². The highest BCUT2D eigenvalue weighted by molar-refractivity contribution is 6.27. The Morgan fingerprint density at radius 1 is 1.14 bits per heavy atom. The van der Waals surface area contributed by atoms with Gasteiger partial charge < -0.3 is 10.2 Å². The zero-order valence-corrected chi connectivity index (χ0v) is 14.4. The maximum absolute atomic E-state index is 13.1. The predicted octanol–water partition coefficient (Wildman–Crippen LogP) is 1.99. The van der Waals surface area contributed by atoms with Crippen molar-refractivity contribution in [3.05, 3.63) is 58.9 Å². The van der Waals surface area contributed by atoms with Crippen molar-refractivity contribution in [3.8, 4) is 0 Å². The first-order valence-corrected chi connectivity index (χ1v) is 8.22. The minimum Gasteiger partial charge on any atom is -0.312 e. The molecule has 0 aliphatic carbocycles. The lowest BCUT2D eigenvalue weighted by Gasteiger charge is -2.21. The van der Waals surface area contributed by atoms with E-state index >= 15 is 0 Å². The number of hydrogen-bond donors (Lipinski definition) is 2. The van der Waals surface area contributed by atoms with Crippen molar-refractivity contribution in [1.82, 2.24) is 15.6 Å². The van der Waals surface area contributed by atoms with E-state index in [1.54, 1.807) is 25.1 Å². The van der Waals surface area contributed by atoms with Gasteiger partial charge in [-0.3, -0.25) is 19.9 Å². The van der Waals surface area contributed by atoms with Crippen LogP contribution in [0.5, 0.6) is 0 Å². The number of imide groups is 1. The summed E-state index contributed by atoms with van der Waals surface area (Å²) in [4.78, 5) is 42.0. The van der Waals surface area contributed by atoms with Crippen molar-refractivity contribution < 1.29 is 27.6 Å². The molecular formula is C18H13F3N4O3. The molecule has 1 spiro atoms. The summed E-state index contributed by atoms with van der Waals surface area (Å²) in [7, 11) is 0. The van der Waals surface area contributed by atoms with Crippen LogP contribution in [0.1, 0.15) is 22.4 Å². The number of aromatic nitrogens is 1. The van der Waals surface area contributed by atoms with Crippen molar-refractivity contribution in [3.63, 3.8) is 0 Å². The third-order valence-corrected chi connectivity index (χ3v) is 4.74. The zero-order chi connectivity index (χ0) is 20.3. The summed E-state index contributed by atoms with van der Waals surface area (Å²) in [6, 6.07) is 6.25. The maximum atomic E-state index is 13.1. The van der Waals surface area contributed by atoms with Crippen LogP contribution in [-0.2, 0) is 27.8 Å². The van der Waals surface area contributed by atoms with Crippen LogP contribution in [0.2, 0.25) is 0 Å². The highest BCUT2D eigenvalue weighted by Crippen LogP contribution is 2.43. The summed E-state index contributed by atoms with van der Waals surface area (Å²) in [6.07, 6.45) is -3.54. The Labute approximate surface area is 156 Å². The molecule has 0 radical (unpaired) electrons. The lowest BCUT2D eigenvalue weighted by Crippen LogP contribution is -2.52. The fourth-order valence-electron chi connectivity index (χ4n) is 3.43. The first-order chi connectivity index (χ1) is 13.1. The normalized spacial score (nSPS) is 21.1. The van der Waals surface area contributed by atoms with Gasteiger partial charge in [-0.05, 0) is 24.6 Å². The number of anilines is 1. The van der Waals surface area contributed by atoms with E-state index in [2.05, 4.69) is 15.6 Å².